The number of furan rings is 1. The molecule has 1 heterocycles. The molecule has 4 nitrogen and oxygen atoms in total. The Morgan fingerprint density at radius 2 is 2.07 bits per heavy atom. The third kappa shape index (κ3) is 5.10. The largest absolute Gasteiger partial charge is 0.496 e. The number of nitrogens with one attached hydrogen (secondary N) is 1. The van der Waals surface area contributed by atoms with Gasteiger partial charge in [0.15, 0.2) is 0 Å². The normalized spacial score (nSPS) is 11.9. The summed E-state index contributed by atoms with van der Waals surface area (Å²) in [7, 11) is 1.62. The van der Waals surface area contributed by atoms with Gasteiger partial charge in [-0.1, -0.05) is 41.9 Å². The lowest BCUT2D eigenvalue weighted by atomic mass is 9.99. The lowest BCUT2D eigenvalue weighted by Gasteiger charge is -2.10. The molecule has 0 bridgehead atoms. The Morgan fingerprint density at radius 3 is 2.76 bits per heavy atom. The molecule has 1 aromatic heterocycles. The molecule has 0 saturated heterocycles. The summed E-state index contributed by atoms with van der Waals surface area (Å²) in [6.45, 7) is 6.87. The lowest BCUT2D eigenvalue weighted by Crippen LogP contribution is -2.23. The molecule has 1 N–H and O–H groups in total. The second-order valence-electron chi connectivity index (χ2n) is 7.51. The number of halogens is 1. The van der Waals surface area contributed by atoms with Crippen LogP contribution in [0, 0.1) is 5.92 Å². The number of ether oxygens (including phenoxy) is 1. The van der Waals surface area contributed by atoms with Gasteiger partial charge in [0.2, 0.25) is 5.91 Å². The van der Waals surface area contributed by atoms with Gasteiger partial charge in [-0.3, -0.25) is 4.79 Å². The van der Waals surface area contributed by atoms with E-state index < -0.39 is 0 Å². The highest BCUT2D eigenvalue weighted by Gasteiger charge is 2.15. The summed E-state index contributed by atoms with van der Waals surface area (Å²) in [6.07, 6.45) is 4.34. The Balaban J connectivity index is 1.97. The topological polar surface area (TPSA) is 51.5 Å². The summed E-state index contributed by atoms with van der Waals surface area (Å²) < 4.78 is 12.4. The second-order valence-corrected chi connectivity index (χ2v) is 8.42. The van der Waals surface area contributed by atoms with Gasteiger partial charge in [0, 0.05) is 39.7 Å². The van der Waals surface area contributed by atoms with Crippen molar-refractivity contribution in [3.05, 3.63) is 58.8 Å². The quantitative estimate of drug-likeness (QED) is 0.417. The molecule has 3 aromatic rings. The van der Waals surface area contributed by atoms with Crippen LogP contribution < -0.4 is 10.1 Å². The van der Waals surface area contributed by atoms with Crippen LogP contribution in [0.4, 0.5) is 0 Å². The molecule has 0 aliphatic carbocycles. The minimum absolute atomic E-state index is 0.0929. The van der Waals surface area contributed by atoms with Crippen LogP contribution in [0.5, 0.6) is 5.75 Å². The fourth-order valence-electron chi connectivity index (χ4n) is 3.22. The molecule has 0 radical (unpaired) electrons. The molecule has 1 amide bonds. The predicted octanol–water partition coefficient (Wildman–Crippen LogP) is 6.44. The molecule has 0 aliphatic rings. The summed E-state index contributed by atoms with van der Waals surface area (Å²) in [4.78, 5) is 12.3. The Kier molecular flexibility index (Phi) is 6.80. The fourth-order valence-corrected chi connectivity index (χ4v) is 3.62. The highest BCUT2D eigenvalue weighted by molar-refractivity contribution is 9.10. The van der Waals surface area contributed by atoms with E-state index in [1.807, 2.05) is 37.3 Å². The maximum absolute atomic E-state index is 12.3. The molecule has 3 rings (SSSR count). The molecule has 0 unspecified atom stereocenters. The molecular formula is C24H26BrNO3. The number of rotatable bonds is 7. The van der Waals surface area contributed by atoms with Crippen LogP contribution in [-0.4, -0.2) is 19.6 Å². The molecular weight excluding hydrogens is 430 g/mol. The summed E-state index contributed by atoms with van der Waals surface area (Å²) in [5, 5.41) is 3.93. The average Bonchev–Trinajstić information content (AvgIpc) is 3.09. The molecule has 5 heteroatoms. The van der Waals surface area contributed by atoms with Crippen molar-refractivity contribution in [3.8, 4) is 16.9 Å². The van der Waals surface area contributed by atoms with Gasteiger partial charge >= 0.3 is 0 Å². The second kappa shape index (κ2) is 9.31. The molecule has 29 heavy (non-hydrogen) atoms. The maximum atomic E-state index is 12.3. The van der Waals surface area contributed by atoms with E-state index in [0.29, 0.717) is 18.2 Å². The summed E-state index contributed by atoms with van der Waals surface area (Å²) >= 11 is 3.52. The molecule has 2 aromatic carbocycles. The molecule has 0 atom stereocenters. The number of hydrogen-bond acceptors (Lipinski definition) is 3. The number of carbonyl (C=O) groups excluding carboxylic acids is 1. The van der Waals surface area contributed by atoms with Gasteiger partial charge in [0.05, 0.1) is 13.4 Å². The minimum Gasteiger partial charge on any atom is -0.496 e. The van der Waals surface area contributed by atoms with E-state index in [2.05, 4.69) is 41.2 Å². The van der Waals surface area contributed by atoms with Crippen LogP contribution in [-0.2, 0) is 4.79 Å². The zero-order chi connectivity index (χ0) is 21.0. The predicted molar refractivity (Wildman–Crippen MR) is 122 cm³/mol. The molecule has 0 saturated carbocycles. The summed E-state index contributed by atoms with van der Waals surface area (Å²) in [5.74, 6) is 1.14. The fraction of sp³-hybridized carbons (Fsp3) is 0.292. The van der Waals surface area contributed by atoms with Gasteiger partial charge in [0.25, 0.3) is 0 Å². The smallest absolute Gasteiger partial charge is 0.244 e. The third-order valence-corrected chi connectivity index (χ3v) is 5.32. The van der Waals surface area contributed by atoms with E-state index in [-0.39, 0.29) is 5.91 Å². The number of carbonyl (C=O) groups is 1. The van der Waals surface area contributed by atoms with Crippen molar-refractivity contribution in [1.82, 2.24) is 5.32 Å². The van der Waals surface area contributed by atoms with Crippen molar-refractivity contribution in [3.63, 3.8) is 0 Å². The Labute approximate surface area is 180 Å². The first kappa shape index (κ1) is 21.2. The van der Waals surface area contributed by atoms with E-state index in [0.717, 1.165) is 44.1 Å². The Bertz CT molecular complexity index is 1050. The third-order valence-electron chi connectivity index (χ3n) is 4.82. The zero-order valence-electron chi connectivity index (χ0n) is 17.2. The van der Waals surface area contributed by atoms with Crippen LogP contribution in [0.1, 0.15) is 32.8 Å². The van der Waals surface area contributed by atoms with Crippen LogP contribution >= 0.6 is 15.9 Å². The standard InChI is InChI=1S/C24H26BrNO3/c1-15(2)8-9-26-24(27)10-16(3)19-12-20-21(17-6-5-7-18(25)11-17)14-29-23(20)13-22(19)28-4/h5-7,10-15H,8-9H2,1-4H3,(H,26,27)/b16-10+. The van der Waals surface area contributed by atoms with Gasteiger partial charge in [0.1, 0.15) is 11.3 Å². The average molecular weight is 456 g/mol. The number of benzene rings is 2. The monoisotopic (exact) mass is 455 g/mol. The van der Waals surface area contributed by atoms with E-state index in [1.165, 1.54) is 0 Å². The highest BCUT2D eigenvalue weighted by Crippen LogP contribution is 2.37. The van der Waals surface area contributed by atoms with E-state index >= 15 is 0 Å². The Morgan fingerprint density at radius 1 is 1.28 bits per heavy atom. The summed E-state index contributed by atoms with van der Waals surface area (Å²) in [5.41, 5.74) is 4.51. The zero-order valence-corrected chi connectivity index (χ0v) is 18.8. The molecule has 0 aliphatic heterocycles. The molecule has 0 fully saturated rings. The van der Waals surface area contributed by atoms with Gasteiger partial charge in [-0.2, -0.15) is 0 Å². The van der Waals surface area contributed by atoms with Crippen molar-refractivity contribution in [1.29, 1.82) is 0 Å². The van der Waals surface area contributed by atoms with Crippen LogP contribution in [0.25, 0.3) is 27.7 Å². The molecule has 0 spiro atoms. The van der Waals surface area contributed by atoms with E-state index in [9.17, 15) is 4.79 Å². The first-order chi connectivity index (χ1) is 13.9. The minimum atomic E-state index is -0.0929. The van der Waals surface area contributed by atoms with E-state index in [1.54, 1.807) is 19.4 Å². The van der Waals surface area contributed by atoms with Crippen LogP contribution in [0.3, 0.4) is 0 Å². The van der Waals surface area contributed by atoms with Crippen molar-refractivity contribution in [2.24, 2.45) is 5.92 Å². The van der Waals surface area contributed by atoms with Crippen LogP contribution in [0.15, 0.2) is 57.6 Å². The SMILES string of the molecule is COc1cc2occ(-c3cccc(Br)c3)c2cc1/C(C)=C/C(=O)NCCC(C)C. The summed E-state index contributed by atoms with van der Waals surface area (Å²) in [6, 6.07) is 12.0. The first-order valence-corrected chi connectivity index (χ1v) is 10.5. The van der Waals surface area contributed by atoms with Crippen molar-refractivity contribution in [2.45, 2.75) is 27.2 Å². The van der Waals surface area contributed by atoms with E-state index in [4.69, 9.17) is 9.15 Å². The first-order valence-electron chi connectivity index (χ1n) is 9.70. The number of amides is 1. The number of fused-ring (bicyclic) bond motifs is 1. The van der Waals surface area contributed by atoms with Crippen molar-refractivity contribution < 1.29 is 13.9 Å². The number of methoxy groups -OCH3 is 1. The number of allylic oxidation sites excluding steroid dienone is 1. The molecule has 152 valence electrons. The maximum Gasteiger partial charge on any atom is 0.244 e. The van der Waals surface area contributed by atoms with Gasteiger partial charge < -0.3 is 14.5 Å². The van der Waals surface area contributed by atoms with Gasteiger partial charge in [-0.05, 0) is 48.6 Å². The highest BCUT2D eigenvalue weighted by atomic mass is 79.9. The van der Waals surface area contributed by atoms with Crippen LogP contribution in [0.2, 0.25) is 0 Å². The Hall–Kier alpha value is -2.53. The number of hydrogen-bond donors (Lipinski definition) is 1. The van der Waals surface area contributed by atoms with Crippen molar-refractivity contribution in [2.75, 3.05) is 13.7 Å². The van der Waals surface area contributed by atoms with Gasteiger partial charge in [-0.15, -0.1) is 0 Å². The van der Waals surface area contributed by atoms with Crippen molar-refractivity contribution >= 4 is 38.4 Å². The van der Waals surface area contributed by atoms with Gasteiger partial charge in [-0.25, -0.2) is 0 Å². The lowest BCUT2D eigenvalue weighted by molar-refractivity contribution is -0.116.